The van der Waals surface area contributed by atoms with Crippen LogP contribution in [0.4, 0.5) is 0 Å². The van der Waals surface area contributed by atoms with Gasteiger partial charge in [0.05, 0.1) is 20.3 Å². The van der Waals surface area contributed by atoms with Gasteiger partial charge in [0.2, 0.25) is 0 Å². The molecule has 1 aliphatic carbocycles. The molecule has 0 bridgehead atoms. The van der Waals surface area contributed by atoms with Crippen LogP contribution in [0.5, 0.6) is 0 Å². The van der Waals surface area contributed by atoms with Gasteiger partial charge in [0.1, 0.15) is 0 Å². The summed E-state index contributed by atoms with van der Waals surface area (Å²) < 4.78 is 15.5. The van der Waals surface area contributed by atoms with Gasteiger partial charge in [-0.25, -0.2) is 0 Å². The van der Waals surface area contributed by atoms with Crippen molar-refractivity contribution in [2.45, 2.75) is 44.6 Å². The van der Waals surface area contributed by atoms with Crippen molar-refractivity contribution < 1.29 is 23.8 Å². The Morgan fingerprint density at radius 3 is 2.26 bits per heavy atom. The first kappa shape index (κ1) is 14.3. The topological polar surface area (TPSA) is 61.8 Å². The van der Waals surface area contributed by atoms with Gasteiger partial charge in [-0.05, 0) is 25.7 Å². The van der Waals surface area contributed by atoms with Crippen molar-refractivity contribution in [3.8, 4) is 0 Å². The summed E-state index contributed by atoms with van der Waals surface area (Å²) in [7, 11) is 2.66. The van der Waals surface area contributed by atoms with Crippen molar-refractivity contribution in [1.29, 1.82) is 0 Å². The number of methoxy groups -OCH3 is 2. The average molecular weight is 270 g/mol. The van der Waals surface area contributed by atoms with E-state index in [1.165, 1.54) is 14.2 Å². The number of hydrogen-bond acceptors (Lipinski definition) is 5. The van der Waals surface area contributed by atoms with Gasteiger partial charge in [-0.2, -0.15) is 0 Å². The monoisotopic (exact) mass is 270 g/mol. The molecule has 0 aromatic heterocycles. The molecule has 5 nitrogen and oxygen atoms in total. The summed E-state index contributed by atoms with van der Waals surface area (Å²) in [6, 6.07) is 0. The first-order valence-electron chi connectivity index (χ1n) is 6.95. The van der Waals surface area contributed by atoms with Crippen LogP contribution < -0.4 is 0 Å². The van der Waals surface area contributed by atoms with Gasteiger partial charge in [-0.1, -0.05) is 12.8 Å². The lowest BCUT2D eigenvalue weighted by Gasteiger charge is -2.41. The third kappa shape index (κ3) is 2.36. The van der Waals surface area contributed by atoms with Crippen LogP contribution in [0.1, 0.15) is 38.5 Å². The Labute approximate surface area is 113 Å². The molecule has 0 spiro atoms. The number of ether oxygens (including phenoxy) is 3. The van der Waals surface area contributed by atoms with E-state index in [2.05, 4.69) is 0 Å². The van der Waals surface area contributed by atoms with Crippen molar-refractivity contribution in [3.63, 3.8) is 0 Å². The van der Waals surface area contributed by atoms with E-state index in [1.807, 2.05) is 0 Å². The summed E-state index contributed by atoms with van der Waals surface area (Å²) in [6.07, 6.45) is 5.03. The number of rotatable bonds is 3. The standard InChI is InChI=1S/C14H22O5/c1-17-12(15)14(13(16)18-2)8-4-3-6-10(14)11-7-5-9-19-11/h10-11H,3-9H2,1-2H3. The second-order valence-electron chi connectivity index (χ2n) is 5.36. The molecule has 2 aliphatic rings. The van der Waals surface area contributed by atoms with Crippen molar-refractivity contribution in [2.75, 3.05) is 20.8 Å². The van der Waals surface area contributed by atoms with Crippen LogP contribution in [0.25, 0.3) is 0 Å². The predicted octanol–water partition coefficient (Wildman–Crippen LogP) is 1.69. The molecular formula is C14H22O5. The van der Waals surface area contributed by atoms with E-state index < -0.39 is 17.4 Å². The Hall–Kier alpha value is -1.10. The van der Waals surface area contributed by atoms with Crippen LogP contribution >= 0.6 is 0 Å². The Morgan fingerprint density at radius 2 is 1.74 bits per heavy atom. The third-order valence-corrected chi connectivity index (χ3v) is 4.48. The number of carbonyl (C=O) groups is 2. The van der Waals surface area contributed by atoms with Gasteiger partial charge < -0.3 is 14.2 Å². The fourth-order valence-electron chi connectivity index (χ4n) is 3.58. The smallest absolute Gasteiger partial charge is 0.323 e. The quantitative estimate of drug-likeness (QED) is 0.577. The molecule has 2 unspecified atom stereocenters. The fraction of sp³-hybridized carbons (Fsp3) is 0.857. The molecule has 2 rings (SSSR count). The summed E-state index contributed by atoms with van der Waals surface area (Å²) in [5, 5.41) is 0. The second-order valence-corrected chi connectivity index (χ2v) is 5.36. The highest BCUT2D eigenvalue weighted by atomic mass is 16.5. The van der Waals surface area contributed by atoms with Crippen LogP contribution in [0.15, 0.2) is 0 Å². The van der Waals surface area contributed by atoms with Gasteiger partial charge in [0.25, 0.3) is 0 Å². The zero-order valence-electron chi connectivity index (χ0n) is 11.6. The number of carbonyl (C=O) groups excluding carboxylic acids is 2. The van der Waals surface area contributed by atoms with Crippen LogP contribution in [0.3, 0.4) is 0 Å². The van der Waals surface area contributed by atoms with E-state index in [-0.39, 0.29) is 12.0 Å². The first-order valence-corrected chi connectivity index (χ1v) is 6.95. The average Bonchev–Trinajstić information content (AvgIpc) is 2.99. The summed E-state index contributed by atoms with van der Waals surface area (Å²) >= 11 is 0. The molecule has 0 N–H and O–H groups in total. The largest absolute Gasteiger partial charge is 0.468 e. The normalized spacial score (nSPS) is 29.8. The van der Waals surface area contributed by atoms with E-state index in [4.69, 9.17) is 14.2 Å². The Morgan fingerprint density at radius 1 is 1.05 bits per heavy atom. The second kappa shape index (κ2) is 5.90. The van der Waals surface area contributed by atoms with E-state index >= 15 is 0 Å². The summed E-state index contributed by atoms with van der Waals surface area (Å²) in [6.45, 7) is 0.708. The van der Waals surface area contributed by atoms with Crippen molar-refractivity contribution in [1.82, 2.24) is 0 Å². The van der Waals surface area contributed by atoms with Crippen LogP contribution in [-0.2, 0) is 23.8 Å². The fourth-order valence-corrected chi connectivity index (χ4v) is 3.58. The first-order chi connectivity index (χ1) is 9.16. The lowest BCUT2D eigenvalue weighted by molar-refractivity contribution is -0.181. The van der Waals surface area contributed by atoms with E-state index in [0.29, 0.717) is 13.0 Å². The Balaban J connectivity index is 2.34. The van der Waals surface area contributed by atoms with Gasteiger partial charge in [0.15, 0.2) is 5.41 Å². The highest BCUT2D eigenvalue weighted by Crippen LogP contribution is 2.47. The maximum absolute atomic E-state index is 12.3. The van der Waals surface area contributed by atoms with Gasteiger partial charge in [0, 0.05) is 12.5 Å². The van der Waals surface area contributed by atoms with Gasteiger partial charge in [-0.3, -0.25) is 9.59 Å². The minimum atomic E-state index is -1.17. The molecule has 1 saturated heterocycles. The van der Waals surface area contributed by atoms with Crippen molar-refractivity contribution >= 4 is 11.9 Å². The van der Waals surface area contributed by atoms with Gasteiger partial charge >= 0.3 is 11.9 Å². The van der Waals surface area contributed by atoms with Crippen LogP contribution in [-0.4, -0.2) is 38.9 Å². The highest BCUT2D eigenvalue weighted by Gasteiger charge is 2.58. The minimum absolute atomic E-state index is 0.0292. The number of hydrogen-bond donors (Lipinski definition) is 0. The SMILES string of the molecule is COC(=O)C1(C(=O)OC)CCCCC1C1CCCO1. The Bertz CT molecular complexity index is 330. The molecule has 1 aliphatic heterocycles. The lowest BCUT2D eigenvalue weighted by atomic mass is 9.63. The molecule has 1 heterocycles. The zero-order chi connectivity index (χ0) is 13.9. The van der Waals surface area contributed by atoms with Crippen LogP contribution in [0, 0.1) is 11.3 Å². The molecule has 19 heavy (non-hydrogen) atoms. The lowest BCUT2D eigenvalue weighted by Crippen LogP contribution is -2.52. The molecule has 1 saturated carbocycles. The summed E-state index contributed by atoms with van der Waals surface area (Å²) in [4.78, 5) is 24.6. The van der Waals surface area contributed by atoms with E-state index in [1.54, 1.807) is 0 Å². The molecule has 0 aromatic rings. The zero-order valence-corrected chi connectivity index (χ0v) is 11.6. The molecule has 0 amide bonds. The third-order valence-electron chi connectivity index (χ3n) is 4.48. The molecule has 0 radical (unpaired) electrons. The van der Waals surface area contributed by atoms with Crippen molar-refractivity contribution in [3.05, 3.63) is 0 Å². The number of esters is 2. The maximum Gasteiger partial charge on any atom is 0.323 e. The molecule has 2 atom stereocenters. The maximum atomic E-state index is 12.3. The van der Waals surface area contributed by atoms with Gasteiger partial charge in [-0.15, -0.1) is 0 Å². The minimum Gasteiger partial charge on any atom is -0.468 e. The predicted molar refractivity (Wildman–Crippen MR) is 67.4 cm³/mol. The van der Waals surface area contributed by atoms with Crippen molar-refractivity contribution in [2.24, 2.45) is 11.3 Å². The Kier molecular flexibility index (Phi) is 4.45. The molecule has 0 aromatic carbocycles. The molecular weight excluding hydrogens is 248 g/mol. The van der Waals surface area contributed by atoms with E-state index in [9.17, 15) is 9.59 Å². The molecule has 5 heteroatoms. The molecule has 108 valence electrons. The molecule has 2 fully saturated rings. The van der Waals surface area contributed by atoms with Crippen LogP contribution in [0.2, 0.25) is 0 Å². The summed E-state index contributed by atoms with van der Waals surface area (Å²) in [5.41, 5.74) is -1.17. The van der Waals surface area contributed by atoms with E-state index in [0.717, 1.165) is 32.1 Å². The summed E-state index contributed by atoms with van der Waals surface area (Å²) in [5.74, 6) is -1.07. The highest BCUT2D eigenvalue weighted by molar-refractivity contribution is 6.00.